The number of nitrogens with zero attached hydrogens (tertiary/aromatic N) is 2. The highest BCUT2D eigenvalue weighted by Gasteiger charge is 2.45. The maximum absolute atomic E-state index is 6.58. The Labute approximate surface area is 126 Å². The highest BCUT2D eigenvalue weighted by atomic mass is 16.7. The first-order valence-corrected chi connectivity index (χ1v) is 8.03. The number of rotatable bonds is 5. The van der Waals surface area contributed by atoms with Crippen LogP contribution in [0.2, 0.25) is 0 Å². The summed E-state index contributed by atoms with van der Waals surface area (Å²) in [5.41, 5.74) is 0.0594. The van der Waals surface area contributed by atoms with E-state index >= 15 is 0 Å². The van der Waals surface area contributed by atoms with Crippen molar-refractivity contribution in [3.63, 3.8) is 0 Å². The Morgan fingerprint density at radius 1 is 1.10 bits per heavy atom. The molecule has 1 heterocycles. The van der Waals surface area contributed by atoms with E-state index in [4.69, 9.17) is 4.84 Å². The van der Waals surface area contributed by atoms with Crippen LogP contribution in [0.1, 0.15) is 67.7 Å². The van der Waals surface area contributed by atoms with Gasteiger partial charge in [-0.2, -0.15) is 5.06 Å². The van der Waals surface area contributed by atoms with Gasteiger partial charge in [0.05, 0.1) is 5.60 Å². The molecule has 1 aliphatic rings. The molecule has 1 atom stereocenters. The monoisotopic (exact) mass is 284 g/mol. The third-order valence-electron chi connectivity index (χ3n) is 4.83. The van der Waals surface area contributed by atoms with E-state index in [1.54, 1.807) is 0 Å². The zero-order chi connectivity index (χ0) is 15.8. The molecule has 3 heteroatoms. The zero-order valence-electron chi connectivity index (χ0n) is 15.2. The molecule has 1 aliphatic heterocycles. The summed E-state index contributed by atoms with van der Waals surface area (Å²) >= 11 is 0. The summed E-state index contributed by atoms with van der Waals surface area (Å²) in [6.45, 7) is 17.0. The van der Waals surface area contributed by atoms with E-state index in [0.29, 0.717) is 5.92 Å². The van der Waals surface area contributed by atoms with Crippen LogP contribution in [-0.4, -0.2) is 47.3 Å². The minimum atomic E-state index is -0.157. The summed E-state index contributed by atoms with van der Waals surface area (Å²) in [4.78, 5) is 8.82. The largest absolute Gasteiger partial charge is 0.309 e. The normalized spacial score (nSPS) is 24.9. The van der Waals surface area contributed by atoms with Gasteiger partial charge in [-0.25, -0.2) is 0 Å². The smallest absolute Gasteiger partial charge is 0.0881 e. The summed E-state index contributed by atoms with van der Waals surface area (Å²) in [6, 6.07) is 0. The molecule has 1 unspecified atom stereocenters. The summed E-state index contributed by atoms with van der Waals surface area (Å²) in [7, 11) is 4.25. The number of hydroxylamine groups is 2. The third kappa shape index (κ3) is 4.19. The molecule has 0 N–H and O–H groups in total. The van der Waals surface area contributed by atoms with Gasteiger partial charge in [-0.15, -0.1) is 0 Å². The first-order chi connectivity index (χ1) is 8.88. The predicted octanol–water partition coefficient (Wildman–Crippen LogP) is 3.94. The topological polar surface area (TPSA) is 15.7 Å². The molecule has 0 aliphatic carbocycles. The summed E-state index contributed by atoms with van der Waals surface area (Å²) in [5.74, 6) is 0.478. The Morgan fingerprint density at radius 3 is 1.95 bits per heavy atom. The highest BCUT2D eigenvalue weighted by Crippen LogP contribution is 2.41. The van der Waals surface area contributed by atoms with Gasteiger partial charge in [0.25, 0.3) is 0 Å². The van der Waals surface area contributed by atoms with Crippen molar-refractivity contribution in [2.75, 3.05) is 20.6 Å². The quantitative estimate of drug-likeness (QED) is 0.760. The van der Waals surface area contributed by atoms with Crippen LogP contribution >= 0.6 is 0 Å². The maximum atomic E-state index is 6.58. The molecule has 0 amide bonds. The summed E-state index contributed by atoms with van der Waals surface area (Å²) in [6.07, 6.45) is 3.69. The van der Waals surface area contributed by atoms with Crippen molar-refractivity contribution in [1.82, 2.24) is 9.96 Å². The van der Waals surface area contributed by atoms with Crippen molar-refractivity contribution in [3.8, 4) is 0 Å². The second-order valence-electron chi connectivity index (χ2n) is 8.63. The molecular formula is C17H36N2O. The van der Waals surface area contributed by atoms with Gasteiger partial charge in [0.15, 0.2) is 0 Å². The molecule has 0 aromatic rings. The lowest BCUT2D eigenvalue weighted by Crippen LogP contribution is -2.61. The minimum absolute atomic E-state index is 0.108. The van der Waals surface area contributed by atoms with Crippen LogP contribution in [0.3, 0.4) is 0 Å². The van der Waals surface area contributed by atoms with Gasteiger partial charge in [0, 0.05) is 17.6 Å². The van der Waals surface area contributed by atoms with Crippen molar-refractivity contribution >= 4 is 0 Å². The van der Waals surface area contributed by atoms with Crippen LogP contribution in [0, 0.1) is 5.92 Å². The van der Waals surface area contributed by atoms with Gasteiger partial charge >= 0.3 is 0 Å². The van der Waals surface area contributed by atoms with Crippen molar-refractivity contribution in [1.29, 1.82) is 0 Å². The van der Waals surface area contributed by atoms with E-state index in [-0.39, 0.29) is 16.7 Å². The Balaban J connectivity index is 2.87. The van der Waals surface area contributed by atoms with Crippen molar-refractivity contribution < 1.29 is 4.84 Å². The minimum Gasteiger partial charge on any atom is -0.309 e. The fraction of sp³-hybridized carbons (Fsp3) is 1.00. The lowest BCUT2D eigenvalue weighted by atomic mass is 9.82. The Morgan fingerprint density at radius 2 is 1.55 bits per heavy atom. The molecule has 1 fully saturated rings. The van der Waals surface area contributed by atoms with Crippen molar-refractivity contribution in [3.05, 3.63) is 0 Å². The highest BCUT2D eigenvalue weighted by molar-refractivity contribution is 4.94. The summed E-state index contributed by atoms with van der Waals surface area (Å²) in [5, 5.41) is 2.29. The molecule has 0 aromatic heterocycles. The van der Waals surface area contributed by atoms with Crippen LogP contribution in [0.5, 0.6) is 0 Å². The van der Waals surface area contributed by atoms with Crippen LogP contribution in [0.25, 0.3) is 0 Å². The van der Waals surface area contributed by atoms with E-state index in [0.717, 1.165) is 6.54 Å². The van der Waals surface area contributed by atoms with Gasteiger partial charge in [-0.05, 0) is 80.8 Å². The maximum Gasteiger partial charge on any atom is 0.0881 e. The van der Waals surface area contributed by atoms with Gasteiger partial charge in [-0.3, -0.25) is 4.84 Å². The Bertz CT molecular complexity index is 305. The van der Waals surface area contributed by atoms with Crippen molar-refractivity contribution in [2.45, 2.75) is 84.4 Å². The number of hydrogen-bond acceptors (Lipinski definition) is 3. The lowest BCUT2D eigenvalue weighted by Gasteiger charge is -2.54. The summed E-state index contributed by atoms with van der Waals surface area (Å²) < 4.78 is 0. The molecule has 1 rings (SSSR count). The molecule has 0 spiro atoms. The molecule has 1 saturated heterocycles. The lowest BCUT2D eigenvalue weighted by molar-refractivity contribution is -0.338. The van der Waals surface area contributed by atoms with Crippen LogP contribution in [-0.2, 0) is 4.84 Å². The molecule has 0 radical (unpaired) electrons. The average molecular weight is 284 g/mol. The number of piperidine rings is 1. The first-order valence-electron chi connectivity index (χ1n) is 8.03. The fourth-order valence-electron chi connectivity index (χ4n) is 3.32. The Hall–Kier alpha value is -0.120. The van der Waals surface area contributed by atoms with Crippen LogP contribution in [0.15, 0.2) is 0 Å². The molecular weight excluding hydrogens is 248 g/mol. The Kier molecular flexibility index (Phi) is 5.32. The van der Waals surface area contributed by atoms with Gasteiger partial charge in [0.1, 0.15) is 0 Å². The van der Waals surface area contributed by atoms with Crippen LogP contribution < -0.4 is 0 Å². The van der Waals surface area contributed by atoms with Gasteiger partial charge < -0.3 is 4.90 Å². The average Bonchev–Trinajstić information content (AvgIpc) is 2.22. The molecule has 3 nitrogen and oxygen atoms in total. The fourth-order valence-corrected chi connectivity index (χ4v) is 3.32. The standard InChI is InChI=1S/C17H36N2O/c1-14(13-18(8)9)17(6,7)20-19-15(2,3)11-10-12-16(19,4)5/h14H,10-13H2,1-9H3. The number of hydrogen-bond donors (Lipinski definition) is 0. The van der Waals surface area contributed by atoms with Gasteiger partial charge in [0.2, 0.25) is 0 Å². The van der Waals surface area contributed by atoms with Crippen LogP contribution in [0.4, 0.5) is 0 Å². The predicted molar refractivity (Wildman–Crippen MR) is 86.7 cm³/mol. The van der Waals surface area contributed by atoms with E-state index < -0.39 is 0 Å². The molecule has 0 saturated carbocycles. The van der Waals surface area contributed by atoms with E-state index in [1.165, 1.54) is 19.3 Å². The second-order valence-corrected chi connectivity index (χ2v) is 8.63. The molecule has 0 bridgehead atoms. The second kappa shape index (κ2) is 5.94. The third-order valence-corrected chi connectivity index (χ3v) is 4.83. The zero-order valence-corrected chi connectivity index (χ0v) is 15.2. The first kappa shape index (κ1) is 17.9. The van der Waals surface area contributed by atoms with Gasteiger partial charge in [-0.1, -0.05) is 6.92 Å². The molecule has 20 heavy (non-hydrogen) atoms. The van der Waals surface area contributed by atoms with Crippen molar-refractivity contribution in [2.24, 2.45) is 5.92 Å². The SMILES string of the molecule is CC(CN(C)C)C(C)(C)ON1C(C)(C)CCCC1(C)C. The van der Waals surface area contributed by atoms with E-state index in [2.05, 4.69) is 72.5 Å². The van der Waals surface area contributed by atoms with E-state index in [9.17, 15) is 0 Å². The molecule has 120 valence electrons. The van der Waals surface area contributed by atoms with E-state index in [1.807, 2.05) is 0 Å². The molecule has 0 aromatic carbocycles.